The summed E-state index contributed by atoms with van der Waals surface area (Å²) in [6.07, 6.45) is 1.58. The summed E-state index contributed by atoms with van der Waals surface area (Å²) < 4.78 is 6.82. The fourth-order valence-corrected chi connectivity index (χ4v) is 2.51. The van der Waals surface area contributed by atoms with Gasteiger partial charge in [-0.2, -0.15) is 9.38 Å². The highest BCUT2D eigenvalue weighted by molar-refractivity contribution is 7.15. The number of hydrogen-bond donors (Lipinski definition) is 0. The highest BCUT2D eigenvalue weighted by Gasteiger charge is 2.25. The zero-order chi connectivity index (χ0) is 13.4. The van der Waals surface area contributed by atoms with Crippen LogP contribution < -0.4 is 4.74 Å². The summed E-state index contributed by atoms with van der Waals surface area (Å²) in [7, 11) is 0. The van der Waals surface area contributed by atoms with Crippen molar-refractivity contribution in [1.82, 2.24) is 9.38 Å². The van der Waals surface area contributed by atoms with E-state index < -0.39 is 4.92 Å². The summed E-state index contributed by atoms with van der Waals surface area (Å²) in [4.78, 5) is 15.2. The lowest BCUT2D eigenvalue weighted by Crippen LogP contribution is -1.95. The molecule has 0 aliphatic carbocycles. The molecular formula is C11H6ClN3O3S. The Bertz CT molecular complexity index is 767. The van der Waals surface area contributed by atoms with Crippen LogP contribution in [0.25, 0.3) is 4.96 Å². The fraction of sp³-hybridized carbons (Fsp3) is 0. The van der Waals surface area contributed by atoms with Gasteiger partial charge in [-0.1, -0.05) is 29.0 Å². The largest absolute Gasteiger partial charge is 0.432 e. The molecule has 0 atom stereocenters. The summed E-state index contributed by atoms with van der Waals surface area (Å²) in [5, 5.41) is 13.3. The molecule has 2 heterocycles. The number of thiazole rings is 1. The highest BCUT2D eigenvalue weighted by Crippen LogP contribution is 2.33. The molecule has 0 bridgehead atoms. The Labute approximate surface area is 116 Å². The molecule has 19 heavy (non-hydrogen) atoms. The lowest BCUT2D eigenvalue weighted by molar-refractivity contribution is -0.391. The molecule has 3 aromatic rings. The summed E-state index contributed by atoms with van der Waals surface area (Å²) in [5.74, 6) is 0.164. The van der Waals surface area contributed by atoms with E-state index in [1.807, 2.05) is 0 Å². The van der Waals surface area contributed by atoms with Crippen molar-refractivity contribution in [2.45, 2.75) is 0 Å². The number of nitrogens with zero attached hydrogens (tertiary/aromatic N) is 3. The number of nitro groups is 1. The van der Waals surface area contributed by atoms with E-state index in [0.29, 0.717) is 15.7 Å². The topological polar surface area (TPSA) is 69.7 Å². The van der Waals surface area contributed by atoms with Crippen LogP contribution in [-0.4, -0.2) is 14.3 Å². The SMILES string of the molecule is O=[N+]([O-])c1c(Oc2cccc(Cl)c2)nc2sccn12. The third-order valence-electron chi connectivity index (χ3n) is 2.39. The van der Waals surface area contributed by atoms with Crippen LogP contribution >= 0.6 is 22.9 Å². The van der Waals surface area contributed by atoms with Gasteiger partial charge in [0.1, 0.15) is 11.9 Å². The van der Waals surface area contributed by atoms with Crippen LogP contribution in [0.5, 0.6) is 11.6 Å². The van der Waals surface area contributed by atoms with Gasteiger partial charge < -0.3 is 14.9 Å². The van der Waals surface area contributed by atoms with Gasteiger partial charge in [0.15, 0.2) is 0 Å². The van der Waals surface area contributed by atoms with Crippen LogP contribution in [0.4, 0.5) is 5.82 Å². The molecule has 0 amide bonds. The van der Waals surface area contributed by atoms with E-state index in [0.717, 1.165) is 0 Å². The van der Waals surface area contributed by atoms with Crippen molar-refractivity contribution in [2.75, 3.05) is 0 Å². The van der Waals surface area contributed by atoms with Crippen molar-refractivity contribution in [3.05, 3.63) is 51.0 Å². The van der Waals surface area contributed by atoms with E-state index >= 15 is 0 Å². The molecule has 0 saturated heterocycles. The maximum absolute atomic E-state index is 11.1. The number of imidazole rings is 1. The molecule has 6 nitrogen and oxygen atoms in total. The molecule has 1 aromatic carbocycles. The van der Waals surface area contributed by atoms with Crippen LogP contribution in [0.1, 0.15) is 0 Å². The van der Waals surface area contributed by atoms with Gasteiger partial charge in [0.2, 0.25) is 0 Å². The summed E-state index contributed by atoms with van der Waals surface area (Å²) in [6.45, 7) is 0. The average Bonchev–Trinajstić information content (AvgIpc) is 2.88. The zero-order valence-corrected chi connectivity index (χ0v) is 10.9. The van der Waals surface area contributed by atoms with Gasteiger partial charge in [0, 0.05) is 10.4 Å². The molecule has 0 unspecified atom stereocenters. The first kappa shape index (κ1) is 11.9. The van der Waals surface area contributed by atoms with Gasteiger partial charge in [-0.15, -0.1) is 0 Å². The monoisotopic (exact) mass is 295 g/mol. The number of ether oxygens (including phenoxy) is 1. The second-order valence-electron chi connectivity index (χ2n) is 3.61. The zero-order valence-electron chi connectivity index (χ0n) is 9.32. The Morgan fingerprint density at radius 1 is 1.47 bits per heavy atom. The standard InChI is InChI=1S/C11H6ClN3O3S/c12-7-2-1-3-8(6-7)18-9-10(15(16)17)14-4-5-19-11(14)13-9/h1-6H. The van der Waals surface area contributed by atoms with Crippen molar-refractivity contribution in [1.29, 1.82) is 0 Å². The number of halogens is 1. The normalized spacial score (nSPS) is 10.8. The lowest BCUT2D eigenvalue weighted by atomic mass is 10.3. The summed E-state index contributed by atoms with van der Waals surface area (Å²) in [5.41, 5.74) is 0. The molecule has 0 radical (unpaired) electrons. The first-order chi connectivity index (χ1) is 9.15. The van der Waals surface area contributed by atoms with E-state index in [2.05, 4.69) is 4.98 Å². The minimum absolute atomic E-state index is 0.0425. The Kier molecular flexibility index (Phi) is 2.84. The average molecular weight is 296 g/mol. The van der Waals surface area contributed by atoms with Gasteiger partial charge in [0.05, 0.1) is 0 Å². The molecule has 96 valence electrons. The minimum atomic E-state index is -0.521. The van der Waals surface area contributed by atoms with Crippen LogP contribution in [0.3, 0.4) is 0 Å². The van der Waals surface area contributed by atoms with E-state index in [1.165, 1.54) is 15.7 Å². The predicted molar refractivity (Wildman–Crippen MR) is 71.2 cm³/mol. The van der Waals surface area contributed by atoms with Gasteiger partial charge in [-0.05, 0) is 23.1 Å². The van der Waals surface area contributed by atoms with E-state index in [9.17, 15) is 10.1 Å². The third kappa shape index (κ3) is 2.13. The predicted octanol–water partition coefficient (Wildman–Crippen LogP) is 3.75. The number of fused-ring (bicyclic) bond motifs is 1. The van der Waals surface area contributed by atoms with Gasteiger partial charge >= 0.3 is 11.7 Å². The van der Waals surface area contributed by atoms with Gasteiger partial charge in [-0.3, -0.25) is 0 Å². The number of benzene rings is 1. The molecule has 3 rings (SSSR count). The van der Waals surface area contributed by atoms with E-state index in [4.69, 9.17) is 16.3 Å². The fourth-order valence-electron chi connectivity index (χ4n) is 1.63. The highest BCUT2D eigenvalue weighted by atomic mass is 35.5. The molecule has 0 fully saturated rings. The second kappa shape index (κ2) is 4.52. The maximum Gasteiger partial charge on any atom is 0.393 e. The van der Waals surface area contributed by atoms with Crippen LogP contribution in [0.15, 0.2) is 35.8 Å². The number of rotatable bonds is 3. The molecular weight excluding hydrogens is 290 g/mol. The molecule has 0 spiro atoms. The van der Waals surface area contributed by atoms with E-state index in [-0.39, 0.29) is 11.7 Å². The summed E-state index contributed by atoms with van der Waals surface area (Å²) >= 11 is 7.13. The van der Waals surface area contributed by atoms with Crippen molar-refractivity contribution >= 4 is 33.7 Å². The van der Waals surface area contributed by atoms with Crippen molar-refractivity contribution in [3.63, 3.8) is 0 Å². The van der Waals surface area contributed by atoms with E-state index in [1.54, 1.807) is 35.8 Å². The number of hydrogen-bond acceptors (Lipinski definition) is 5. The maximum atomic E-state index is 11.1. The third-order valence-corrected chi connectivity index (χ3v) is 3.38. The first-order valence-corrected chi connectivity index (χ1v) is 6.44. The molecule has 0 N–H and O–H groups in total. The van der Waals surface area contributed by atoms with Crippen molar-refractivity contribution in [3.8, 4) is 11.6 Å². The quantitative estimate of drug-likeness (QED) is 0.545. The van der Waals surface area contributed by atoms with Crippen molar-refractivity contribution < 1.29 is 9.66 Å². The Morgan fingerprint density at radius 3 is 3.05 bits per heavy atom. The van der Waals surface area contributed by atoms with Crippen LogP contribution in [-0.2, 0) is 0 Å². The van der Waals surface area contributed by atoms with Crippen LogP contribution in [0, 0.1) is 10.1 Å². The molecule has 0 saturated carbocycles. The first-order valence-electron chi connectivity index (χ1n) is 5.18. The summed E-state index contributed by atoms with van der Waals surface area (Å²) in [6, 6.07) is 6.61. The molecule has 8 heteroatoms. The Hall–Kier alpha value is -2.12. The lowest BCUT2D eigenvalue weighted by Gasteiger charge is -2.02. The van der Waals surface area contributed by atoms with Gasteiger partial charge in [0.25, 0.3) is 4.96 Å². The number of aromatic nitrogens is 2. The van der Waals surface area contributed by atoms with Gasteiger partial charge in [-0.25, -0.2) is 0 Å². The molecule has 0 aliphatic heterocycles. The second-order valence-corrected chi connectivity index (χ2v) is 4.92. The smallest absolute Gasteiger partial charge is 0.393 e. The molecule has 0 aliphatic rings. The molecule has 2 aromatic heterocycles. The van der Waals surface area contributed by atoms with Crippen molar-refractivity contribution in [2.24, 2.45) is 0 Å². The minimum Gasteiger partial charge on any atom is -0.432 e. The van der Waals surface area contributed by atoms with Crippen LogP contribution in [0.2, 0.25) is 5.02 Å². The Morgan fingerprint density at radius 2 is 2.32 bits per heavy atom. The Balaban J connectivity index is 2.07.